The lowest BCUT2D eigenvalue weighted by Crippen LogP contribution is -2.25. The minimum Gasteiger partial charge on any atom is -0.482 e. The molecule has 0 aliphatic carbocycles. The highest BCUT2D eigenvalue weighted by molar-refractivity contribution is 5.96. The molecule has 0 radical (unpaired) electrons. The highest BCUT2D eigenvalue weighted by Gasteiger charge is 2.16. The van der Waals surface area contributed by atoms with Gasteiger partial charge in [0.25, 0.3) is 5.91 Å². The molecule has 1 amide bonds. The highest BCUT2D eigenvalue weighted by atomic mass is 16.5. The van der Waals surface area contributed by atoms with Gasteiger partial charge in [0, 0.05) is 17.4 Å². The number of aromatic nitrogens is 2. The molecular formula is C24H18N4O2. The molecular weight excluding hydrogens is 376 g/mol. The Morgan fingerprint density at radius 2 is 1.73 bits per heavy atom. The van der Waals surface area contributed by atoms with Gasteiger partial charge >= 0.3 is 0 Å². The number of amides is 1. The number of ether oxygens (including phenoxy) is 1. The van der Waals surface area contributed by atoms with E-state index in [9.17, 15) is 4.79 Å². The fraction of sp³-hybridized carbons (Fsp3) is 0.0417. The number of carbonyl (C=O) groups excluding carboxylic acids is 1. The van der Waals surface area contributed by atoms with E-state index in [0.717, 1.165) is 28.1 Å². The molecule has 146 valence electrons. The van der Waals surface area contributed by atoms with Crippen LogP contribution in [0.1, 0.15) is 0 Å². The van der Waals surface area contributed by atoms with E-state index >= 15 is 0 Å². The van der Waals surface area contributed by atoms with Gasteiger partial charge in [-0.2, -0.15) is 0 Å². The standard InChI is InChI=1S/C24H18N4O2/c29-23-15-30-22-10-9-18(14-21(22)27-23)20-11-12-25-24(28-20)26-19-8-4-7-17(13-19)16-5-2-1-3-6-16/h1-14H,15H2,(H,27,29)(H,25,26,28). The molecule has 1 aliphatic heterocycles. The van der Waals surface area contributed by atoms with Gasteiger partial charge in [-0.1, -0.05) is 42.5 Å². The van der Waals surface area contributed by atoms with Crippen molar-refractivity contribution < 1.29 is 9.53 Å². The predicted molar refractivity (Wildman–Crippen MR) is 117 cm³/mol. The summed E-state index contributed by atoms with van der Waals surface area (Å²) in [5.74, 6) is 0.988. The van der Waals surface area contributed by atoms with Crippen LogP contribution in [0, 0.1) is 0 Å². The zero-order valence-corrected chi connectivity index (χ0v) is 16.0. The number of hydrogen-bond acceptors (Lipinski definition) is 5. The summed E-state index contributed by atoms with van der Waals surface area (Å²) in [5, 5.41) is 6.10. The zero-order chi connectivity index (χ0) is 20.3. The average molecular weight is 394 g/mol. The first-order chi connectivity index (χ1) is 14.7. The monoisotopic (exact) mass is 394 g/mol. The number of fused-ring (bicyclic) bond motifs is 1. The van der Waals surface area contributed by atoms with Crippen molar-refractivity contribution in [3.05, 3.63) is 85.1 Å². The molecule has 2 heterocycles. The van der Waals surface area contributed by atoms with E-state index in [1.54, 1.807) is 6.20 Å². The van der Waals surface area contributed by atoms with E-state index in [-0.39, 0.29) is 12.5 Å². The summed E-state index contributed by atoms with van der Waals surface area (Å²) in [5.41, 5.74) is 5.42. The van der Waals surface area contributed by atoms with Crippen molar-refractivity contribution in [2.75, 3.05) is 17.2 Å². The molecule has 3 aromatic carbocycles. The van der Waals surface area contributed by atoms with Crippen molar-refractivity contribution in [3.63, 3.8) is 0 Å². The van der Waals surface area contributed by atoms with Crippen molar-refractivity contribution in [1.29, 1.82) is 0 Å². The van der Waals surface area contributed by atoms with Gasteiger partial charge in [0.1, 0.15) is 5.75 Å². The second kappa shape index (κ2) is 7.67. The van der Waals surface area contributed by atoms with Crippen molar-refractivity contribution in [3.8, 4) is 28.1 Å². The lowest BCUT2D eigenvalue weighted by atomic mass is 10.1. The first-order valence-corrected chi connectivity index (χ1v) is 9.57. The zero-order valence-electron chi connectivity index (χ0n) is 16.0. The molecule has 2 N–H and O–H groups in total. The Balaban J connectivity index is 1.41. The second-order valence-electron chi connectivity index (χ2n) is 6.89. The lowest BCUT2D eigenvalue weighted by Gasteiger charge is -2.18. The van der Waals surface area contributed by atoms with E-state index in [1.165, 1.54) is 0 Å². The molecule has 1 aromatic heterocycles. The Labute approximate surface area is 173 Å². The number of benzene rings is 3. The molecule has 5 rings (SSSR count). The summed E-state index contributed by atoms with van der Waals surface area (Å²) in [7, 11) is 0. The normalized spacial score (nSPS) is 12.5. The molecule has 30 heavy (non-hydrogen) atoms. The number of nitrogens with one attached hydrogen (secondary N) is 2. The van der Waals surface area contributed by atoms with Crippen LogP contribution < -0.4 is 15.4 Å². The number of nitrogens with zero attached hydrogens (tertiary/aromatic N) is 2. The lowest BCUT2D eigenvalue weighted by molar-refractivity contribution is -0.118. The summed E-state index contributed by atoms with van der Waals surface area (Å²) in [6.07, 6.45) is 1.71. The molecule has 0 saturated heterocycles. The third-order valence-electron chi connectivity index (χ3n) is 4.79. The van der Waals surface area contributed by atoms with E-state index in [2.05, 4.69) is 44.9 Å². The Bertz CT molecular complexity index is 1220. The third kappa shape index (κ3) is 3.71. The summed E-state index contributed by atoms with van der Waals surface area (Å²) < 4.78 is 5.42. The van der Waals surface area contributed by atoms with Crippen LogP contribution in [-0.4, -0.2) is 22.5 Å². The fourth-order valence-electron chi connectivity index (χ4n) is 3.36. The molecule has 0 atom stereocenters. The van der Waals surface area contributed by atoms with Gasteiger partial charge in [-0.15, -0.1) is 0 Å². The van der Waals surface area contributed by atoms with Crippen LogP contribution in [0.15, 0.2) is 85.1 Å². The van der Waals surface area contributed by atoms with Crippen molar-refractivity contribution in [1.82, 2.24) is 9.97 Å². The first-order valence-electron chi connectivity index (χ1n) is 9.57. The maximum absolute atomic E-state index is 11.6. The maximum atomic E-state index is 11.6. The molecule has 6 nitrogen and oxygen atoms in total. The molecule has 6 heteroatoms. The van der Waals surface area contributed by atoms with Gasteiger partial charge in [0.05, 0.1) is 11.4 Å². The molecule has 0 unspecified atom stereocenters. The van der Waals surface area contributed by atoms with Crippen LogP contribution in [0.2, 0.25) is 0 Å². The number of rotatable bonds is 4. The van der Waals surface area contributed by atoms with Gasteiger partial charge < -0.3 is 15.4 Å². The molecule has 0 bridgehead atoms. The molecule has 4 aromatic rings. The smallest absolute Gasteiger partial charge is 0.262 e. The van der Waals surface area contributed by atoms with Crippen LogP contribution in [0.4, 0.5) is 17.3 Å². The summed E-state index contributed by atoms with van der Waals surface area (Å²) in [6, 6.07) is 25.8. The fourth-order valence-corrected chi connectivity index (χ4v) is 3.36. The number of carbonyl (C=O) groups is 1. The Kier molecular flexibility index (Phi) is 4.57. The largest absolute Gasteiger partial charge is 0.482 e. The van der Waals surface area contributed by atoms with Gasteiger partial charge in [-0.25, -0.2) is 9.97 Å². The summed E-state index contributed by atoms with van der Waals surface area (Å²) in [6.45, 7) is 0.0377. The summed E-state index contributed by atoms with van der Waals surface area (Å²) >= 11 is 0. The number of hydrogen-bond donors (Lipinski definition) is 2. The van der Waals surface area contributed by atoms with Crippen LogP contribution >= 0.6 is 0 Å². The van der Waals surface area contributed by atoms with Crippen molar-refractivity contribution in [2.24, 2.45) is 0 Å². The third-order valence-corrected chi connectivity index (χ3v) is 4.79. The van der Waals surface area contributed by atoms with Gasteiger partial charge in [0.15, 0.2) is 6.61 Å². The topological polar surface area (TPSA) is 76.1 Å². The second-order valence-corrected chi connectivity index (χ2v) is 6.89. The van der Waals surface area contributed by atoms with Crippen LogP contribution in [0.5, 0.6) is 5.75 Å². The minimum absolute atomic E-state index is 0.0377. The first kappa shape index (κ1) is 17.9. The number of anilines is 3. The van der Waals surface area contributed by atoms with E-state index in [1.807, 2.05) is 54.6 Å². The highest BCUT2D eigenvalue weighted by Crippen LogP contribution is 2.32. The Morgan fingerprint density at radius 3 is 2.63 bits per heavy atom. The molecule has 0 spiro atoms. The van der Waals surface area contributed by atoms with Gasteiger partial charge in [-0.05, 0) is 47.5 Å². The van der Waals surface area contributed by atoms with Crippen molar-refractivity contribution in [2.45, 2.75) is 0 Å². The molecule has 1 aliphatic rings. The van der Waals surface area contributed by atoms with Gasteiger partial charge in [-0.3, -0.25) is 4.79 Å². The Hall–Kier alpha value is -4.19. The van der Waals surface area contributed by atoms with Crippen molar-refractivity contribution >= 4 is 23.2 Å². The summed E-state index contributed by atoms with van der Waals surface area (Å²) in [4.78, 5) is 20.6. The van der Waals surface area contributed by atoms with E-state index in [4.69, 9.17) is 4.74 Å². The van der Waals surface area contributed by atoms with Crippen LogP contribution in [0.3, 0.4) is 0 Å². The van der Waals surface area contributed by atoms with E-state index in [0.29, 0.717) is 17.4 Å². The van der Waals surface area contributed by atoms with E-state index < -0.39 is 0 Å². The maximum Gasteiger partial charge on any atom is 0.262 e. The molecule has 0 saturated carbocycles. The average Bonchev–Trinajstić information content (AvgIpc) is 2.79. The molecule has 0 fully saturated rings. The quantitative estimate of drug-likeness (QED) is 0.516. The minimum atomic E-state index is -0.164. The Morgan fingerprint density at radius 1 is 0.867 bits per heavy atom. The van der Waals surface area contributed by atoms with Crippen LogP contribution in [0.25, 0.3) is 22.4 Å². The van der Waals surface area contributed by atoms with Gasteiger partial charge in [0.2, 0.25) is 5.95 Å². The van der Waals surface area contributed by atoms with Crippen LogP contribution in [-0.2, 0) is 4.79 Å². The SMILES string of the molecule is O=C1COc2ccc(-c3ccnc(Nc4cccc(-c5ccccc5)c4)n3)cc2N1. The predicted octanol–water partition coefficient (Wildman–Crippen LogP) is 4.89.